The largest absolute Gasteiger partial charge is 0.493 e. The maximum Gasteiger partial charge on any atom is 0.281 e. The summed E-state index contributed by atoms with van der Waals surface area (Å²) in [4.78, 5) is 0. The predicted molar refractivity (Wildman–Crippen MR) is 95.7 cm³/mol. The Morgan fingerprint density at radius 3 is 2.77 bits per heavy atom. The molecule has 1 saturated heterocycles. The highest BCUT2D eigenvalue weighted by atomic mass is 32.2. The second-order valence-electron chi connectivity index (χ2n) is 6.50. The van der Waals surface area contributed by atoms with Crippen molar-refractivity contribution in [1.29, 1.82) is 0 Å². The molecule has 0 bridgehead atoms. The Morgan fingerprint density at radius 1 is 1.35 bits per heavy atom. The first-order valence-corrected chi connectivity index (χ1v) is 9.86. The summed E-state index contributed by atoms with van der Waals surface area (Å²) in [7, 11) is -0.300. The van der Waals surface area contributed by atoms with E-state index in [2.05, 4.69) is 10.2 Å². The van der Waals surface area contributed by atoms with Crippen molar-refractivity contribution in [2.75, 3.05) is 33.8 Å². The summed E-state index contributed by atoms with van der Waals surface area (Å²) in [6, 6.07) is 7.86. The molecule has 26 heavy (non-hydrogen) atoms. The van der Waals surface area contributed by atoms with Gasteiger partial charge in [-0.2, -0.15) is 22.1 Å². The summed E-state index contributed by atoms with van der Waals surface area (Å²) in [5.74, 6) is 0.414. The van der Waals surface area contributed by atoms with E-state index in [-0.39, 0.29) is 11.7 Å². The first kappa shape index (κ1) is 18.8. The Balaban J connectivity index is 1.53. The number of aromatic amines is 1. The molecule has 2 heterocycles. The van der Waals surface area contributed by atoms with Crippen LogP contribution in [-0.4, -0.2) is 61.0 Å². The summed E-state index contributed by atoms with van der Waals surface area (Å²) in [5.41, 5.74) is 1.80. The molecule has 0 radical (unpaired) electrons. The molecule has 1 fully saturated rings. The van der Waals surface area contributed by atoms with Crippen molar-refractivity contribution in [2.24, 2.45) is 0 Å². The number of halogens is 1. The Labute approximate surface area is 152 Å². The second kappa shape index (κ2) is 7.73. The van der Waals surface area contributed by atoms with Gasteiger partial charge in [-0.05, 0) is 36.8 Å². The maximum atomic E-state index is 12.9. The summed E-state index contributed by atoms with van der Waals surface area (Å²) in [6.07, 6.45) is 1.39. The van der Waals surface area contributed by atoms with Crippen molar-refractivity contribution in [2.45, 2.75) is 18.8 Å². The fraction of sp³-hybridized carbons (Fsp3) is 0.471. The van der Waals surface area contributed by atoms with Crippen molar-refractivity contribution >= 4 is 10.2 Å². The van der Waals surface area contributed by atoms with Crippen molar-refractivity contribution in [3.05, 3.63) is 47.5 Å². The minimum absolute atomic E-state index is 0.0905. The minimum Gasteiger partial charge on any atom is -0.493 e. The number of ether oxygens (including phenoxy) is 1. The Hall–Kier alpha value is -1.97. The van der Waals surface area contributed by atoms with E-state index >= 15 is 0 Å². The SMILES string of the molecule is CN(C)S(=O)(=O)N1CCC(c2cc(CCOc3ccc(F)cc3)[nH]n2)C1. The van der Waals surface area contributed by atoms with Gasteiger partial charge in [-0.1, -0.05) is 0 Å². The first-order chi connectivity index (χ1) is 12.4. The average Bonchev–Trinajstić information content (AvgIpc) is 3.26. The predicted octanol–water partition coefficient (Wildman–Crippen LogP) is 1.77. The number of H-pyrrole nitrogens is 1. The van der Waals surface area contributed by atoms with Gasteiger partial charge in [0.15, 0.2) is 0 Å². The van der Waals surface area contributed by atoms with Gasteiger partial charge in [0.25, 0.3) is 10.2 Å². The molecule has 142 valence electrons. The third kappa shape index (κ3) is 4.22. The summed E-state index contributed by atoms with van der Waals surface area (Å²) >= 11 is 0. The second-order valence-corrected chi connectivity index (χ2v) is 8.65. The molecule has 0 spiro atoms. The molecule has 1 aliphatic rings. The summed E-state index contributed by atoms with van der Waals surface area (Å²) < 4.78 is 45.6. The number of nitrogens with one attached hydrogen (secondary N) is 1. The summed E-state index contributed by atoms with van der Waals surface area (Å²) in [6.45, 7) is 1.39. The monoisotopic (exact) mass is 382 g/mol. The number of hydrogen-bond donors (Lipinski definition) is 1. The van der Waals surface area contributed by atoms with Gasteiger partial charge in [0, 0.05) is 45.2 Å². The quantitative estimate of drug-likeness (QED) is 0.792. The standard InChI is InChI=1S/C17H23FN4O3S/c1-21(2)26(23,24)22-9-7-13(12-22)17-11-15(19-20-17)8-10-25-16-5-3-14(18)4-6-16/h3-6,11,13H,7-10,12H2,1-2H3,(H,19,20). The van der Waals surface area contributed by atoms with Crippen LogP contribution in [0.25, 0.3) is 0 Å². The fourth-order valence-corrected chi connectivity index (χ4v) is 4.10. The maximum absolute atomic E-state index is 12.9. The first-order valence-electron chi connectivity index (χ1n) is 8.46. The molecule has 7 nitrogen and oxygen atoms in total. The van der Waals surface area contributed by atoms with Gasteiger partial charge in [0.1, 0.15) is 11.6 Å². The van der Waals surface area contributed by atoms with E-state index in [0.29, 0.717) is 31.9 Å². The van der Waals surface area contributed by atoms with Crippen LogP contribution in [0.4, 0.5) is 4.39 Å². The van der Waals surface area contributed by atoms with Crippen LogP contribution in [-0.2, 0) is 16.6 Å². The van der Waals surface area contributed by atoms with E-state index in [0.717, 1.165) is 17.8 Å². The van der Waals surface area contributed by atoms with E-state index in [1.807, 2.05) is 6.07 Å². The van der Waals surface area contributed by atoms with E-state index in [1.165, 1.54) is 34.8 Å². The highest BCUT2D eigenvalue weighted by Gasteiger charge is 2.34. The minimum atomic E-state index is -3.38. The lowest BCUT2D eigenvalue weighted by molar-refractivity contribution is 0.320. The Bertz CT molecular complexity index is 836. The van der Waals surface area contributed by atoms with Gasteiger partial charge < -0.3 is 4.74 Å². The fourth-order valence-electron chi connectivity index (χ4n) is 2.94. The lowest BCUT2D eigenvalue weighted by atomic mass is 10.0. The molecule has 1 aromatic carbocycles. The van der Waals surface area contributed by atoms with Crippen LogP contribution in [0.1, 0.15) is 23.7 Å². The highest BCUT2D eigenvalue weighted by Crippen LogP contribution is 2.28. The Morgan fingerprint density at radius 2 is 2.08 bits per heavy atom. The number of nitrogens with zero attached hydrogens (tertiary/aromatic N) is 3. The lowest BCUT2D eigenvalue weighted by Crippen LogP contribution is -2.38. The van der Waals surface area contributed by atoms with E-state index < -0.39 is 10.2 Å². The van der Waals surface area contributed by atoms with Crippen LogP contribution >= 0.6 is 0 Å². The van der Waals surface area contributed by atoms with Gasteiger partial charge in [-0.15, -0.1) is 0 Å². The average molecular weight is 382 g/mol. The number of aromatic nitrogens is 2. The number of rotatable bonds is 7. The number of benzene rings is 1. The molecule has 1 atom stereocenters. The van der Waals surface area contributed by atoms with Crippen LogP contribution in [0.3, 0.4) is 0 Å². The zero-order valence-electron chi connectivity index (χ0n) is 14.9. The van der Waals surface area contributed by atoms with Gasteiger partial charge in [-0.25, -0.2) is 4.39 Å². The van der Waals surface area contributed by atoms with Crippen molar-refractivity contribution < 1.29 is 17.5 Å². The molecule has 3 rings (SSSR count). The van der Waals surface area contributed by atoms with Crippen LogP contribution in [0.15, 0.2) is 30.3 Å². The smallest absolute Gasteiger partial charge is 0.281 e. The van der Waals surface area contributed by atoms with Crippen LogP contribution in [0, 0.1) is 5.82 Å². The molecule has 1 unspecified atom stereocenters. The molecule has 9 heteroatoms. The molecule has 0 amide bonds. The third-order valence-corrected chi connectivity index (χ3v) is 6.37. The normalized spacial score (nSPS) is 18.5. The van der Waals surface area contributed by atoms with Crippen molar-refractivity contribution in [1.82, 2.24) is 18.8 Å². The molecule has 1 aromatic heterocycles. The van der Waals surface area contributed by atoms with E-state index in [1.54, 1.807) is 12.1 Å². The molecule has 1 aliphatic heterocycles. The summed E-state index contributed by atoms with van der Waals surface area (Å²) in [5, 5.41) is 7.32. The molecular formula is C17H23FN4O3S. The van der Waals surface area contributed by atoms with Gasteiger partial charge in [-0.3, -0.25) is 5.10 Å². The molecule has 2 aromatic rings. The molecule has 0 saturated carbocycles. The Kier molecular flexibility index (Phi) is 5.59. The third-order valence-electron chi connectivity index (χ3n) is 4.46. The topological polar surface area (TPSA) is 78.5 Å². The van der Waals surface area contributed by atoms with E-state index in [4.69, 9.17) is 4.74 Å². The number of hydrogen-bond acceptors (Lipinski definition) is 4. The molecule has 0 aliphatic carbocycles. The van der Waals surface area contributed by atoms with Gasteiger partial charge in [0.2, 0.25) is 0 Å². The molecule has 1 N–H and O–H groups in total. The van der Waals surface area contributed by atoms with Crippen LogP contribution in [0.5, 0.6) is 5.75 Å². The van der Waals surface area contributed by atoms with E-state index in [9.17, 15) is 12.8 Å². The zero-order valence-corrected chi connectivity index (χ0v) is 15.7. The van der Waals surface area contributed by atoms with Crippen LogP contribution < -0.4 is 4.74 Å². The molecular weight excluding hydrogens is 359 g/mol. The van der Waals surface area contributed by atoms with Crippen molar-refractivity contribution in [3.63, 3.8) is 0 Å². The van der Waals surface area contributed by atoms with Gasteiger partial charge in [0.05, 0.1) is 12.3 Å². The highest BCUT2D eigenvalue weighted by molar-refractivity contribution is 7.86. The lowest BCUT2D eigenvalue weighted by Gasteiger charge is -2.20. The van der Waals surface area contributed by atoms with Crippen LogP contribution in [0.2, 0.25) is 0 Å². The zero-order chi connectivity index (χ0) is 18.7. The van der Waals surface area contributed by atoms with Gasteiger partial charge >= 0.3 is 0 Å². The van der Waals surface area contributed by atoms with Crippen molar-refractivity contribution in [3.8, 4) is 5.75 Å².